The van der Waals surface area contributed by atoms with Crippen LogP contribution in [-0.4, -0.2) is 30.8 Å². The highest BCUT2D eigenvalue weighted by Gasteiger charge is 2.20. The number of hydrogen-bond acceptors (Lipinski definition) is 2. The topological polar surface area (TPSA) is 12.5 Å². The highest BCUT2D eigenvalue weighted by atomic mass is 16.5. The quantitative estimate of drug-likeness (QED) is 0.485. The van der Waals surface area contributed by atoms with Gasteiger partial charge in [0, 0.05) is 6.04 Å². The van der Waals surface area contributed by atoms with Crippen molar-refractivity contribution in [3.05, 3.63) is 0 Å². The van der Waals surface area contributed by atoms with E-state index in [1.54, 1.807) is 0 Å². The van der Waals surface area contributed by atoms with Crippen molar-refractivity contribution < 1.29 is 4.74 Å². The van der Waals surface area contributed by atoms with Crippen molar-refractivity contribution in [1.29, 1.82) is 0 Å². The molecule has 1 heterocycles. The van der Waals surface area contributed by atoms with E-state index in [0.29, 0.717) is 12.3 Å². The molecule has 0 saturated carbocycles. The zero-order valence-electron chi connectivity index (χ0n) is 6.42. The molecule has 0 N–H and O–H groups in total. The molecular weight excluding hydrogens is 114 g/mol. The Morgan fingerprint density at radius 2 is 2.11 bits per heavy atom. The van der Waals surface area contributed by atoms with E-state index in [-0.39, 0.29) is 0 Å². The lowest BCUT2D eigenvalue weighted by Crippen LogP contribution is -2.43. The van der Waals surface area contributed by atoms with Gasteiger partial charge >= 0.3 is 0 Å². The van der Waals surface area contributed by atoms with E-state index in [1.165, 1.54) is 6.42 Å². The summed E-state index contributed by atoms with van der Waals surface area (Å²) in [6.45, 7) is 5.25. The van der Waals surface area contributed by atoms with Crippen molar-refractivity contribution >= 4 is 0 Å². The van der Waals surface area contributed by atoms with Crippen LogP contribution < -0.4 is 0 Å². The fourth-order valence-corrected chi connectivity index (χ4v) is 1.09. The van der Waals surface area contributed by atoms with E-state index < -0.39 is 0 Å². The second-order valence-corrected chi connectivity index (χ2v) is 2.77. The highest BCUT2D eigenvalue weighted by Crippen LogP contribution is 2.13. The van der Waals surface area contributed by atoms with Crippen molar-refractivity contribution in [2.45, 2.75) is 32.5 Å². The van der Waals surface area contributed by atoms with Crippen LogP contribution in [0.2, 0.25) is 0 Å². The minimum Gasteiger partial charge on any atom is -0.363 e. The molecule has 0 aromatic carbocycles. The Kier molecular flexibility index (Phi) is 2.09. The van der Waals surface area contributed by atoms with E-state index >= 15 is 0 Å². The zero-order valence-corrected chi connectivity index (χ0v) is 6.42. The number of nitrogens with zero attached hydrogens (tertiary/aromatic N) is 1. The summed E-state index contributed by atoms with van der Waals surface area (Å²) in [6.07, 6.45) is 1.48. The van der Waals surface area contributed by atoms with Gasteiger partial charge in [-0.15, -0.1) is 0 Å². The standard InChI is InChI=1S/C7H15NO/c1-6-4-5-9-7(2)8(6)3/h6-7H,4-5H2,1-3H3/t6-,7?/m0/s1. The molecule has 0 amide bonds. The van der Waals surface area contributed by atoms with Gasteiger partial charge in [-0.05, 0) is 27.3 Å². The molecule has 1 aliphatic heterocycles. The van der Waals surface area contributed by atoms with E-state index in [1.807, 2.05) is 0 Å². The van der Waals surface area contributed by atoms with Gasteiger partial charge in [-0.1, -0.05) is 0 Å². The van der Waals surface area contributed by atoms with Crippen molar-refractivity contribution in [1.82, 2.24) is 4.90 Å². The highest BCUT2D eigenvalue weighted by molar-refractivity contribution is 4.68. The first kappa shape index (κ1) is 7.03. The summed E-state index contributed by atoms with van der Waals surface area (Å²) in [7, 11) is 2.11. The number of rotatable bonds is 0. The normalized spacial score (nSPS) is 39.0. The van der Waals surface area contributed by atoms with Crippen LogP contribution in [0.5, 0.6) is 0 Å². The smallest absolute Gasteiger partial charge is 0.107 e. The third kappa shape index (κ3) is 1.43. The Balaban J connectivity index is 2.41. The van der Waals surface area contributed by atoms with Crippen molar-refractivity contribution in [2.75, 3.05) is 13.7 Å². The van der Waals surface area contributed by atoms with Crippen LogP contribution in [0.3, 0.4) is 0 Å². The van der Waals surface area contributed by atoms with E-state index in [2.05, 4.69) is 25.8 Å². The van der Waals surface area contributed by atoms with E-state index in [9.17, 15) is 0 Å². The average Bonchev–Trinajstić information content (AvgIpc) is 1.83. The van der Waals surface area contributed by atoms with Crippen LogP contribution in [0, 0.1) is 0 Å². The summed E-state index contributed by atoms with van der Waals surface area (Å²) in [6, 6.07) is 0.689. The first-order chi connectivity index (χ1) is 4.22. The average molecular weight is 129 g/mol. The second-order valence-electron chi connectivity index (χ2n) is 2.77. The fourth-order valence-electron chi connectivity index (χ4n) is 1.09. The summed E-state index contributed by atoms with van der Waals surface area (Å²) in [5.74, 6) is 0. The van der Waals surface area contributed by atoms with Gasteiger partial charge in [0.1, 0.15) is 6.23 Å². The molecule has 0 bridgehead atoms. The fraction of sp³-hybridized carbons (Fsp3) is 1.00. The summed E-state index contributed by atoms with van der Waals surface area (Å²) >= 11 is 0. The Hall–Kier alpha value is -0.0800. The third-order valence-corrected chi connectivity index (χ3v) is 2.16. The van der Waals surface area contributed by atoms with Gasteiger partial charge in [0.15, 0.2) is 0 Å². The molecule has 1 fully saturated rings. The van der Waals surface area contributed by atoms with Crippen molar-refractivity contribution in [3.8, 4) is 0 Å². The van der Waals surface area contributed by atoms with Gasteiger partial charge in [-0.2, -0.15) is 0 Å². The molecule has 0 aromatic rings. The molecule has 2 heteroatoms. The molecule has 1 unspecified atom stereocenters. The third-order valence-electron chi connectivity index (χ3n) is 2.16. The summed E-state index contributed by atoms with van der Waals surface area (Å²) in [5.41, 5.74) is 0. The number of hydrogen-bond donors (Lipinski definition) is 0. The van der Waals surface area contributed by atoms with Crippen LogP contribution in [0.4, 0.5) is 0 Å². The largest absolute Gasteiger partial charge is 0.363 e. The predicted molar refractivity (Wildman–Crippen MR) is 37.3 cm³/mol. The molecule has 0 radical (unpaired) electrons. The Morgan fingerprint density at radius 1 is 1.44 bits per heavy atom. The molecule has 9 heavy (non-hydrogen) atoms. The molecule has 0 aliphatic carbocycles. The first-order valence-electron chi connectivity index (χ1n) is 3.55. The lowest BCUT2D eigenvalue weighted by Gasteiger charge is -2.35. The van der Waals surface area contributed by atoms with Gasteiger partial charge in [0.25, 0.3) is 0 Å². The van der Waals surface area contributed by atoms with Gasteiger partial charge in [0.05, 0.1) is 6.61 Å². The lowest BCUT2D eigenvalue weighted by atomic mass is 10.2. The summed E-state index contributed by atoms with van der Waals surface area (Å²) < 4.78 is 5.39. The zero-order chi connectivity index (χ0) is 6.85. The molecule has 2 atom stereocenters. The van der Waals surface area contributed by atoms with Crippen LogP contribution in [-0.2, 0) is 4.74 Å². The summed E-state index contributed by atoms with van der Waals surface area (Å²) in [5, 5.41) is 0. The molecule has 1 rings (SSSR count). The van der Waals surface area contributed by atoms with Gasteiger partial charge in [0.2, 0.25) is 0 Å². The number of ether oxygens (including phenoxy) is 1. The summed E-state index contributed by atoms with van der Waals surface area (Å²) in [4.78, 5) is 2.25. The Labute approximate surface area is 56.8 Å². The SMILES string of the molecule is CC1OCC[C@H](C)N1C. The van der Waals surface area contributed by atoms with Gasteiger partial charge in [-0.3, -0.25) is 4.90 Å². The van der Waals surface area contributed by atoms with Crippen LogP contribution in [0.15, 0.2) is 0 Å². The lowest BCUT2D eigenvalue weighted by molar-refractivity contribution is -0.0946. The van der Waals surface area contributed by atoms with Gasteiger partial charge in [-0.25, -0.2) is 0 Å². The minimum absolute atomic E-state index is 0.314. The van der Waals surface area contributed by atoms with E-state index in [4.69, 9.17) is 4.74 Å². The Morgan fingerprint density at radius 3 is 2.56 bits per heavy atom. The predicted octanol–water partition coefficient (Wildman–Crippen LogP) is 1.07. The molecule has 1 aliphatic rings. The molecule has 1 saturated heterocycles. The molecule has 2 nitrogen and oxygen atoms in total. The van der Waals surface area contributed by atoms with Crippen LogP contribution in [0.1, 0.15) is 20.3 Å². The Bertz CT molecular complexity index is 84.9. The first-order valence-corrected chi connectivity index (χ1v) is 3.55. The van der Waals surface area contributed by atoms with Crippen LogP contribution in [0.25, 0.3) is 0 Å². The maximum atomic E-state index is 5.39. The van der Waals surface area contributed by atoms with E-state index in [0.717, 1.165) is 6.61 Å². The molecule has 0 aromatic heterocycles. The molecule has 0 spiro atoms. The molecule has 54 valence electrons. The second kappa shape index (κ2) is 2.67. The monoisotopic (exact) mass is 129 g/mol. The van der Waals surface area contributed by atoms with Crippen molar-refractivity contribution in [3.63, 3.8) is 0 Å². The molecular formula is C7H15NO. The van der Waals surface area contributed by atoms with Gasteiger partial charge < -0.3 is 4.74 Å². The minimum atomic E-state index is 0.314. The maximum absolute atomic E-state index is 5.39. The van der Waals surface area contributed by atoms with Crippen LogP contribution >= 0.6 is 0 Å². The van der Waals surface area contributed by atoms with Crippen molar-refractivity contribution in [2.24, 2.45) is 0 Å². The maximum Gasteiger partial charge on any atom is 0.107 e.